The van der Waals surface area contributed by atoms with Crippen LogP contribution in [0.15, 0.2) is 64.9 Å². The van der Waals surface area contributed by atoms with Crippen LogP contribution < -0.4 is 14.2 Å². The number of rotatable bonds is 8. The minimum atomic E-state index is -0.483. The molecule has 0 spiro atoms. The molecular formula is C24H18ClNO6S2. The average Bonchev–Trinajstić information content (AvgIpc) is 3.46. The lowest BCUT2D eigenvalue weighted by molar-refractivity contribution is -0.123. The number of carbonyl (C=O) groups is 3. The van der Waals surface area contributed by atoms with Crippen LogP contribution in [-0.2, 0) is 4.79 Å². The third-order valence-electron chi connectivity index (χ3n) is 4.68. The number of imide groups is 1. The molecule has 34 heavy (non-hydrogen) atoms. The fraction of sp³-hybridized carbons (Fsp3) is 0.125. The van der Waals surface area contributed by atoms with Gasteiger partial charge >= 0.3 is 5.97 Å². The van der Waals surface area contributed by atoms with Crippen LogP contribution >= 0.6 is 34.7 Å². The Morgan fingerprint density at radius 2 is 1.88 bits per heavy atom. The first kappa shape index (κ1) is 23.9. The lowest BCUT2D eigenvalue weighted by Gasteiger charge is -2.13. The maximum absolute atomic E-state index is 12.7. The molecule has 3 aromatic rings. The second kappa shape index (κ2) is 10.8. The highest BCUT2D eigenvalue weighted by Gasteiger charge is 2.34. The van der Waals surface area contributed by atoms with E-state index in [0.717, 1.165) is 16.7 Å². The highest BCUT2D eigenvalue weighted by Crippen LogP contribution is 2.35. The fourth-order valence-electron chi connectivity index (χ4n) is 3.03. The Labute approximate surface area is 208 Å². The molecule has 2 amide bonds. The second-order valence-electron chi connectivity index (χ2n) is 6.91. The molecular weight excluding hydrogens is 498 g/mol. The number of methoxy groups -OCH3 is 1. The third kappa shape index (κ3) is 5.61. The molecule has 0 bridgehead atoms. The molecule has 4 rings (SSSR count). The van der Waals surface area contributed by atoms with Crippen LogP contribution in [0.1, 0.15) is 15.2 Å². The Balaban J connectivity index is 1.41. The van der Waals surface area contributed by atoms with Crippen molar-refractivity contribution in [2.24, 2.45) is 0 Å². The number of benzene rings is 2. The molecule has 0 radical (unpaired) electrons. The van der Waals surface area contributed by atoms with Crippen LogP contribution in [0.4, 0.5) is 4.79 Å². The van der Waals surface area contributed by atoms with Gasteiger partial charge in [-0.15, -0.1) is 11.3 Å². The van der Waals surface area contributed by atoms with Gasteiger partial charge in [-0.1, -0.05) is 23.7 Å². The number of ether oxygens (including phenoxy) is 3. The zero-order chi connectivity index (χ0) is 24.1. The van der Waals surface area contributed by atoms with Gasteiger partial charge in [-0.2, -0.15) is 0 Å². The molecule has 1 aromatic heterocycles. The van der Waals surface area contributed by atoms with Crippen LogP contribution in [0.25, 0.3) is 6.08 Å². The van der Waals surface area contributed by atoms with E-state index in [2.05, 4.69) is 0 Å². The van der Waals surface area contributed by atoms with E-state index in [9.17, 15) is 14.4 Å². The number of thiophene rings is 1. The first-order valence-electron chi connectivity index (χ1n) is 10.0. The summed E-state index contributed by atoms with van der Waals surface area (Å²) in [5, 5.41) is 2.01. The summed E-state index contributed by atoms with van der Waals surface area (Å²) in [4.78, 5) is 39.2. The first-order chi connectivity index (χ1) is 16.4. The Morgan fingerprint density at radius 1 is 1.09 bits per heavy atom. The van der Waals surface area contributed by atoms with E-state index in [1.165, 1.54) is 18.4 Å². The number of hydrogen-bond donors (Lipinski definition) is 0. The maximum Gasteiger partial charge on any atom is 0.353 e. The minimum Gasteiger partial charge on any atom is -0.493 e. The number of carbonyl (C=O) groups excluding carboxylic acids is 3. The predicted molar refractivity (Wildman–Crippen MR) is 132 cm³/mol. The summed E-state index contributed by atoms with van der Waals surface area (Å²) in [5.41, 5.74) is 0.621. The van der Waals surface area contributed by atoms with E-state index in [1.54, 1.807) is 66.1 Å². The van der Waals surface area contributed by atoms with E-state index in [4.69, 9.17) is 25.8 Å². The monoisotopic (exact) mass is 515 g/mol. The second-order valence-corrected chi connectivity index (χ2v) is 9.29. The molecule has 1 fully saturated rings. The van der Waals surface area contributed by atoms with Crippen molar-refractivity contribution in [2.75, 3.05) is 20.3 Å². The topological polar surface area (TPSA) is 82.1 Å². The predicted octanol–water partition coefficient (Wildman–Crippen LogP) is 5.74. The average molecular weight is 516 g/mol. The lowest BCUT2D eigenvalue weighted by atomic mass is 10.2. The lowest BCUT2D eigenvalue weighted by Crippen LogP contribution is -2.32. The van der Waals surface area contributed by atoms with Gasteiger partial charge in [0.2, 0.25) is 0 Å². The van der Waals surface area contributed by atoms with Crippen LogP contribution in [0.5, 0.6) is 17.2 Å². The van der Waals surface area contributed by atoms with Crippen molar-refractivity contribution in [2.45, 2.75) is 0 Å². The van der Waals surface area contributed by atoms with Gasteiger partial charge < -0.3 is 14.2 Å². The van der Waals surface area contributed by atoms with Crippen molar-refractivity contribution in [3.05, 3.63) is 80.3 Å². The van der Waals surface area contributed by atoms with Gasteiger partial charge in [0.05, 0.1) is 18.6 Å². The Kier molecular flexibility index (Phi) is 7.56. The van der Waals surface area contributed by atoms with Gasteiger partial charge in [0.25, 0.3) is 11.1 Å². The summed E-state index contributed by atoms with van der Waals surface area (Å²) in [6, 6.07) is 15.1. The van der Waals surface area contributed by atoms with Crippen molar-refractivity contribution in [1.29, 1.82) is 0 Å². The fourth-order valence-corrected chi connectivity index (χ4v) is 4.62. The SMILES string of the molecule is COc1cc(/C=C2\SC(=O)N(CCOc3ccc(Cl)cc3)C2=O)ccc1OC(=O)c1cccs1. The number of hydrogen-bond acceptors (Lipinski definition) is 8. The van der Waals surface area contributed by atoms with Gasteiger partial charge in [0.15, 0.2) is 11.5 Å². The summed E-state index contributed by atoms with van der Waals surface area (Å²) >= 11 is 7.98. The van der Waals surface area contributed by atoms with Gasteiger partial charge in [-0.3, -0.25) is 14.5 Å². The number of nitrogens with zero attached hydrogens (tertiary/aromatic N) is 1. The third-order valence-corrected chi connectivity index (χ3v) is 6.69. The van der Waals surface area contributed by atoms with Crippen molar-refractivity contribution >= 4 is 57.9 Å². The summed E-state index contributed by atoms with van der Waals surface area (Å²) in [5.74, 6) is 0.295. The molecule has 1 saturated heterocycles. The van der Waals surface area contributed by atoms with E-state index in [-0.39, 0.29) is 29.0 Å². The van der Waals surface area contributed by atoms with Gasteiger partial charge in [0, 0.05) is 5.02 Å². The summed E-state index contributed by atoms with van der Waals surface area (Å²) < 4.78 is 16.3. The number of halogens is 1. The molecule has 0 N–H and O–H groups in total. The molecule has 174 valence electrons. The zero-order valence-corrected chi connectivity index (χ0v) is 20.2. The van der Waals surface area contributed by atoms with Crippen LogP contribution in [0, 0.1) is 0 Å². The van der Waals surface area contributed by atoms with Crippen molar-refractivity contribution < 1.29 is 28.6 Å². The maximum atomic E-state index is 12.7. The van der Waals surface area contributed by atoms with E-state index >= 15 is 0 Å². The van der Waals surface area contributed by atoms with E-state index < -0.39 is 11.9 Å². The van der Waals surface area contributed by atoms with Crippen molar-refractivity contribution in [1.82, 2.24) is 4.90 Å². The number of thioether (sulfide) groups is 1. The molecule has 0 atom stereocenters. The van der Waals surface area contributed by atoms with E-state index in [1.807, 2.05) is 0 Å². The largest absolute Gasteiger partial charge is 0.493 e. The molecule has 2 aromatic carbocycles. The Morgan fingerprint density at radius 3 is 2.59 bits per heavy atom. The van der Waals surface area contributed by atoms with Gasteiger partial charge in [-0.25, -0.2) is 4.79 Å². The van der Waals surface area contributed by atoms with E-state index in [0.29, 0.717) is 27.0 Å². The van der Waals surface area contributed by atoms with Crippen LogP contribution in [0.2, 0.25) is 5.02 Å². The molecule has 10 heteroatoms. The minimum absolute atomic E-state index is 0.117. The molecule has 1 aliphatic heterocycles. The normalized spacial score (nSPS) is 14.5. The van der Waals surface area contributed by atoms with Gasteiger partial charge in [0.1, 0.15) is 17.2 Å². The first-order valence-corrected chi connectivity index (χ1v) is 12.1. The smallest absolute Gasteiger partial charge is 0.353 e. The number of amides is 2. The quantitative estimate of drug-likeness (QED) is 0.215. The summed E-state index contributed by atoms with van der Waals surface area (Å²) in [7, 11) is 1.45. The summed E-state index contributed by atoms with van der Waals surface area (Å²) in [6.45, 7) is 0.274. The standard InChI is InChI=1S/C24H18ClNO6S2/c1-30-19-13-15(4-9-18(19)32-23(28)20-3-2-12-33-20)14-21-22(27)26(24(29)34-21)10-11-31-17-7-5-16(25)6-8-17/h2-9,12-14H,10-11H2,1H3/b21-14-. The van der Waals surface area contributed by atoms with Crippen molar-refractivity contribution in [3.63, 3.8) is 0 Å². The Bertz CT molecular complexity index is 1240. The molecule has 2 heterocycles. The summed E-state index contributed by atoms with van der Waals surface area (Å²) in [6.07, 6.45) is 1.60. The highest BCUT2D eigenvalue weighted by atomic mass is 35.5. The highest BCUT2D eigenvalue weighted by molar-refractivity contribution is 8.18. The van der Waals surface area contributed by atoms with Crippen LogP contribution in [-0.4, -0.2) is 42.3 Å². The number of esters is 1. The molecule has 0 saturated carbocycles. The molecule has 0 unspecified atom stereocenters. The molecule has 1 aliphatic rings. The Hall–Kier alpha value is -3.27. The molecule has 7 nitrogen and oxygen atoms in total. The van der Waals surface area contributed by atoms with Crippen LogP contribution in [0.3, 0.4) is 0 Å². The van der Waals surface area contributed by atoms with Gasteiger partial charge in [-0.05, 0) is 71.2 Å². The zero-order valence-electron chi connectivity index (χ0n) is 17.9. The van der Waals surface area contributed by atoms with Crippen molar-refractivity contribution in [3.8, 4) is 17.2 Å². The molecule has 0 aliphatic carbocycles.